The first-order valence-corrected chi connectivity index (χ1v) is 7.41. The van der Waals surface area contributed by atoms with Crippen LogP contribution in [-0.4, -0.2) is 53.5 Å². The molecule has 0 aromatic carbocycles. The lowest BCUT2D eigenvalue weighted by Gasteiger charge is -2.30. The highest BCUT2D eigenvalue weighted by Crippen LogP contribution is 2.39. The van der Waals surface area contributed by atoms with Crippen LogP contribution in [0.2, 0.25) is 0 Å². The van der Waals surface area contributed by atoms with Gasteiger partial charge in [-0.05, 0) is 58.0 Å². The Labute approximate surface area is 109 Å². The number of hydrogen-bond acceptors (Lipinski definition) is 3. The van der Waals surface area contributed by atoms with Gasteiger partial charge in [0.1, 0.15) is 0 Å². The fourth-order valence-corrected chi connectivity index (χ4v) is 3.53. The van der Waals surface area contributed by atoms with E-state index in [4.69, 9.17) is 5.73 Å². The summed E-state index contributed by atoms with van der Waals surface area (Å²) in [6, 6.07) is 0.589. The molecule has 1 saturated carbocycles. The molecular formula is C14H25N3O. The van der Waals surface area contributed by atoms with Crippen LogP contribution in [-0.2, 0) is 4.79 Å². The minimum absolute atomic E-state index is 0.187. The zero-order valence-corrected chi connectivity index (χ0v) is 11.4. The van der Waals surface area contributed by atoms with E-state index < -0.39 is 5.54 Å². The second-order valence-corrected chi connectivity index (χ2v) is 6.49. The van der Waals surface area contributed by atoms with Crippen molar-refractivity contribution in [2.75, 3.05) is 26.2 Å². The Kier molecular flexibility index (Phi) is 3.10. The summed E-state index contributed by atoms with van der Waals surface area (Å²) in [5.41, 5.74) is 5.63. The molecule has 0 aromatic heterocycles. The predicted molar refractivity (Wildman–Crippen MR) is 71.1 cm³/mol. The maximum Gasteiger partial charge on any atom is 0.242 e. The van der Waals surface area contributed by atoms with Crippen molar-refractivity contribution in [1.82, 2.24) is 9.80 Å². The Hall–Kier alpha value is -0.610. The molecule has 2 unspecified atom stereocenters. The zero-order chi connectivity index (χ0) is 12.8. The summed E-state index contributed by atoms with van der Waals surface area (Å²) in [4.78, 5) is 17.1. The highest BCUT2D eigenvalue weighted by molar-refractivity contribution is 5.86. The molecule has 2 saturated heterocycles. The van der Waals surface area contributed by atoms with Crippen molar-refractivity contribution in [1.29, 1.82) is 0 Å². The molecule has 3 aliphatic rings. The van der Waals surface area contributed by atoms with Crippen LogP contribution in [0.5, 0.6) is 0 Å². The van der Waals surface area contributed by atoms with Crippen LogP contribution >= 0.6 is 0 Å². The highest BCUT2D eigenvalue weighted by atomic mass is 16.2. The lowest BCUT2D eigenvalue weighted by Crippen LogP contribution is -2.54. The first-order valence-electron chi connectivity index (χ1n) is 7.41. The fourth-order valence-electron chi connectivity index (χ4n) is 3.53. The summed E-state index contributed by atoms with van der Waals surface area (Å²) < 4.78 is 0. The van der Waals surface area contributed by atoms with Gasteiger partial charge < -0.3 is 10.6 Å². The fraction of sp³-hybridized carbons (Fsp3) is 0.929. The van der Waals surface area contributed by atoms with Gasteiger partial charge in [-0.25, -0.2) is 0 Å². The van der Waals surface area contributed by atoms with Gasteiger partial charge in [-0.3, -0.25) is 9.69 Å². The minimum atomic E-state index is -0.611. The van der Waals surface area contributed by atoms with Gasteiger partial charge in [0.25, 0.3) is 0 Å². The van der Waals surface area contributed by atoms with Crippen LogP contribution in [0.4, 0.5) is 0 Å². The van der Waals surface area contributed by atoms with Crippen LogP contribution in [0.3, 0.4) is 0 Å². The Morgan fingerprint density at radius 1 is 1.17 bits per heavy atom. The average Bonchev–Trinajstić information content (AvgIpc) is 2.91. The van der Waals surface area contributed by atoms with E-state index in [9.17, 15) is 4.79 Å². The molecule has 2 N–H and O–H groups in total. The monoisotopic (exact) mass is 251 g/mol. The summed E-state index contributed by atoms with van der Waals surface area (Å²) in [6.45, 7) is 6.17. The number of hydrogen-bond donors (Lipinski definition) is 1. The standard InChI is InChI=1S/C14H25N3O/c1-14(15,11-4-5-11)13(18)17-9-6-12(10-17)16-7-2-3-8-16/h11-12H,2-10,15H2,1H3. The van der Waals surface area contributed by atoms with Crippen LogP contribution < -0.4 is 5.73 Å². The van der Waals surface area contributed by atoms with Crippen molar-refractivity contribution in [2.24, 2.45) is 11.7 Å². The smallest absolute Gasteiger partial charge is 0.242 e. The average molecular weight is 251 g/mol. The molecule has 4 nitrogen and oxygen atoms in total. The van der Waals surface area contributed by atoms with E-state index in [1.54, 1.807) is 0 Å². The van der Waals surface area contributed by atoms with Crippen molar-refractivity contribution in [3.05, 3.63) is 0 Å². The minimum Gasteiger partial charge on any atom is -0.339 e. The molecule has 1 aliphatic carbocycles. The number of nitrogens with two attached hydrogens (primary N) is 1. The molecule has 1 amide bonds. The first kappa shape index (κ1) is 12.4. The molecule has 0 bridgehead atoms. The molecule has 18 heavy (non-hydrogen) atoms. The quantitative estimate of drug-likeness (QED) is 0.807. The van der Waals surface area contributed by atoms with E-state index in [0.717, 1.165) is 32.4 Å². The van der Waals surface area contributed by atoms with Gasteiger partial charge in [-0.15, -0.1) is 0 Å². The number of carbonyl (C=O) groups excluding carboxylic acids is 1. The Morgan fingerprint density at radius 2 is 1.83 bits per heavy atom. The van der Waals surface area contributed by atoms with Gasteiger partial charge in [0.05, 0.1) is 5.54 Å². The number of rotatable bonds is 3. The predicted octanol–water partition coefficient (Wildman–Crippen LogP) is 0.811. The number of nitrogens with zero attached hydrogens (tertiary/aromatic N) is 2. The lowest BCUT2D eigenvalue weighted by atomic mass is 9.95. The van der Waals surface area contributed by atoms with Gasteiger partial charge in [0.15, 0.2) is 0 Å². The number of carbonyl (C=O) groups is 1. The molecule has 0 radical (unpaired) electrons. The normalized spacial score (nSPS) is 32.8. The Bertz CT molecular complexity index is 332. The summed E-state index contributed by atoms with van der Waals surface area (Å²) >= 11 is 0. The van der Waals surface area contributed by atoms with Crippen molar-refractivity contribution in [2.45, 2.75) is 50.6 Å². The highest BCUT2D eigenvalue weighted by Gasteiger charge is 2.47. The van der Waals surface area contributed by atoms with Gasteiger partial charge in [-0.1, -0.05) is 0 Å². The molecule has 2 aliphatic heterocycles. The summed E-state index contributed by atoms with van der Waals surface area (Å²) in [6.07, 6.45) is 6.03. The van der Waals surface area contributed by atoms with E-state index in [1.807, 2.05) is 11.8 Å². The van der Waals surface area contributed by atoms with Crippen molar-refractivity contribution in [3.8, 4) is 0 Å². The largest absolute Gasteiger partial charge is 0.339 e. The summed E-state index contributed by atoms with van der Waals surface area (Å²) in [5.74, 6) is 0.613. The van der Waals surface area contributed by atoms with E-state index in [2.05, 4.69) is 4.90 Å². The Balaban J connectivity index is 1.59. The third-order valence-electron chi connectivity index (χ3n) is 4.99. The Morgan fingerprint density at radius 3 is 2.44 bits per heavy atom. The SMILES string of the molecule is CC(N)(C(=O)N1CCC(N2CCCC2)C1)C1CC1. The maximum absolute atomic E-state index is 12.5. The van der Waals surface area contributed by atoms with Gasteiger partial charge in [0, 0.05) is 19.1 Å². The molecule has 3 fully saturated rings. The van der Waals surface area contributed by atoms with E-state index in [0.29, 0.717) is 12.0 Å². The number of likely N-dealkylation sites (tertiary alicyclic amines) is 2. The van der Waals surface area contributed by atoms with Crippen LogP contribution in [0.25, 0.3) is 0 Å². The summed E-state index contributed by atoms with van der Waals surface area (Å²) in [7, 11) is 0. The molecule has 3 rings (SSSR count). The topological polar surface area (TPSA) is 49.6 Å². The molecule has 102 valence electrons. The van der Waals surface area contributed by atoms with Crippen molar-refractivity contribution >= 4 is 5.91 Å². The second-order valence-electron chi connectivity index (χ2n) is 6.49. The van der Waals surface area contributed by atoms with Crippen molar-refractivity contribution < 1.29 is 4.79 Å². The van der Waals surface area contributed by atoms with Crippen LogP contribution in [0.1, 0.15) is 39.0 Å². The molecule has 0 spiro atoms. The molecule has 2 atom stereocenters. The van der Waals surface area contributed by atoms with Gasteiger partial charge in [0.2, 0.25) is 5.91 Å². The third-order valence-corrected chi connectivity index (χ3v) is 4.99. The van der Waals surface area contributed by atoms with Gasteiger partial charge >= 0.3 is 0 Å². The molecule has 0 aromatic rings. The van der Waals surface area contributed by atoms with Crippen LogP contribution in [0.15, 0.2) is 0 Å². The van der Waals surface area contributed by atoms with Crippen molar-refractivity contribution in [3.63, 3.8) is 0 Å². The van der Waals surface area contributed by atoms with E-state index in [1.165, 1.54) is 25.9 Å². The van der Waals surface area contributed by atoms with Crippen LogP contribution in [0, 0.1) is 5.92 Å². The first-order chi connectivity index (χ1) is 8.59. The van der Waals surface area contributed by atoms with E-state index >= 15 is 0 Å². The second kappa shape index (κ2) is 4.49. The molecule has 4 heteroatoms. The lowest BCUT2D eigenvalue weighted by molar-refractivity contribution is -0.136. The third kappa shape index (κ3) is 2.16. The zero-order valence-electron chi connectivity index (χ0n) is 11.4. The van der Waals surface area contributed by atoms with Gasteiger partial charge in [-0.2, -0.15) is 0 Å². The van der Waals surface area contributed by atoms with E-state index in [-0.39, 0.29) is 5.91 Å². The summed E-state index contributed by atoms with van der Waals surface area (Å²) in [5, 5.41) is 0. The number of amides is 1. The molecular weight excluding hydrogens is 226 g/mol. The molecule has 2 heterocycles. The maximum atomic E-state index is 12.5.